The topological polar surface area (TPSA) is 66.4 Å². The summed E-state index contributed by atoms with van der Waals surface area (Å²) >= 11 is 0. The summed E-state index contributed by atoms with van der Waals surface area (Å²) in [7, 11) is 0. The molecule has 0 fully saturated rings. The van der Waals surface area contributed by atoms with E-state index in [-0.39, 0.29) is 17.1 Å². The first-order valence-electron chi connectivity index (χ1n) is 7.68. The average Bonchev–Trinajstić information content (AvgIpc) is 2.53. The van der Waals surface area contributed by atoms with Crippen molar-refractivity contribution in [3.05, 3.63) is 35.4 Å². The Hall–Kier alpha value is -1.68. The van der Waals surface area contributed by atoms with Gasteiger partial charge < -0.3 is 0 Å². The van der Waals surface area contributed by atoms with Gasteiger partial charge in [-0.1, -0.05) is 37.6 Å². The Bertz CT molecular complexity index is 527. The maximum absolute atomic E-state index is 12.8. The first-order valence-corrected chi connectivity index (χ1v) is 7.68. The van der Waals surface area contributed by atoms with Crippen LogP contribution in [0.5, 0.6) is 0 Å². The summed E-state index contributed by atoms with van der Waals surface area (Å²) in [5.74, 6) is -0.0978. The van der Waals surface area contributed by atoms with E-state index in [9.17, 15) is 9.59 Å². The number of Topliss-reactive ketones (excluding diaryl/α,β-unsaturated/α-hetero) is 1. The molecule has 2 rings (SSSR count). The molecule has 4 heteroatoms. The third kappa shape index (κ3) is 3.32. The molecule has 2 N–H and O–H groups in total. The number of amides is 1. The van der Waals surface area contributed by atoms with E-state index in [0.717, 1.165) is 43.2 Å². The van der Waals surface area contributed by atoms with E-state index in [2.05, 4.69) is 6.92 Å². The van der Waals surface area contributed by atoms with E-state index in [0.29, 0.717) is 12.8 Å². The lowest BCUT2D eigenvalue weighted by Crippen LogP contribution is -2.35. The maximum Gasteiger partial charge on any atom is 0.243 e. The number of rotatable bonds is 6. The average molecular weight is 289 g/mol. The number of hydrogen-bond donors (Lipinski definition) is 2. The lowest BCUT2D eigenvalue weighted by atomic mass is 9.66. The molecule has 0 radical (unpaired) electrons. The molecule has 1 amide bonds. The van der Waals surface area contributed by atoms with Crippen molar-refractivity contribution in [2.24, 2.45) is 5.41 Å². The van der Waals surface area contributed by atoms with E-state index in [1.54, 1.807) is 5.48 Å². The normalized spacial score (nSPS) is 21.0. The van der Waals surface area contributed by atoms with Crippen molar-refractivity contribution in [1.29, 1.82) is 0 Å². The van der Waals surface area contributed by atoms with Crippen molar-refractivity contribution in [2.75, 3.05) is 0 Å². The molecule has 0 bridgehead atoms. The predicted molar refractivity (Wildman–Crippen MR) is 80.2 cm³/mol. The zero-order valence-electron chi connectivity index (χ0n) is 12.5. The molecular weight excluding hydrogens is 266 g/mol. The molecule has 0 saturated carbocycles. The lowest BCUT2D eigenvalue weighted by molar-refractivity contribution is -0.129. The van der Waals surface area contributed by atoms with Crippen molar-refractivity contribution < 1.29 is 14.8 Å². The Labute approximate surface area is 125 Å². The highest BCUT2D eigenvalue weighted by atomic mass is 16.5. The number of benzene rings is 1. The molecule has 1 unspecified atom stereocenters. The standard InChI is InChI=1S/C17H23NO3/c1-2-17(11-6-5-9-15(19)18-21)12-10-13-7-3-4-8-14(13)16(17)20/h3-4,7-8,21H,2,5-6,9-12H2,1H3,(H,18,19). The highest BCUT2D eigenvalue weighted by molar-refractivity contribution is 6.02. The fraction of sp³-hybridized carbons (Fsp3) is 0.529. The molecule has 1 aromatic rings. The molecule has 114 valence electrons. The largest absolute Gasteiger partial charge is 0.294 e. The number of nitrogens with one attached hydrogen (secondary N) is 1. The minimum Gasteiger partial charge on any atom is -0.294 e. The van der Waals surface area contributed by atoms with Crippen LogP contribution in [0.25, 0.3) is 0 Å². The van der Waals surface area contributed by atoms with Gasteiger partial charge in [-0.05, 0) is 37.7 Å². The molecule has 21 heavy (non-hydrogen) atoms. The number of carbonyl (C=O) groups is 2. The maximum atomic E-state index is 12.8. The number of ketones is 1. The van der Waals surface area contributed by atoms with Gasteiger partial charge in [0.15, 0.2) is 5.78 Å². The van der Waals surface area contributed by atoms with Crippen LogP contribution in [0.15, 0.2) is 24.3 Å². The fourth-order valence-electron chi connectivity index (χ4n) is 3.29. The van der Waals surface area contributed by atoms with E-state index in [1.165, 1.54) is 0 Å². The van der Waals surface area contributed by atoms with Crippen LogP contribution in [0.4, 0.5) is 0 Å². The van der Waals surface area contributed by atoms with E-state index >= 15 is 0 Å². The Morgan fingerprint density at radius 3 is 2.81 bits per heavy atom. The number of unbranched alkanes of at least 4 members (excludes halogenated alkanes) is 1. The quantitative estimate of drug-likeness (QED) is 0.480. The van der Waals surface area contributed by atoms with Gasteiger partial charge in [0.2, 0.25) is 5.91 Å². The van der Waals surface area contributed by atoms with Crippen molar-refractivity contribution in [3.8, 4) is 0 Å². The van der Waals surface area contributed by atoms with Crippen LogP contribution in [0, 0.1) is 5.41 Å². The van der Waals surface area contributed by atoms with Gasteiger partial charge in [0, 0.05) is 17.4 Å². The van der Waals surface area contributed by atoms with Crippen LogP contribution in [-0.2, 0) is 11.2 Å². The van der Waals surface area contributed by atoms with E-state index < -0.39 is 0 Å². The van der Waals surface area contributed by atoms with Crippen molar-refractivity contribution in [2.45, 2.75) is 51.9 Å². The smallest absolute Gasteiger partial charge is 0.243 e. The fourth-order valence-corrected chi connectivity index (χ4v) is 3.29. The van der Waals surface area contributed by atoms with Crippen LogP contribution < -0.4 is 5.48 Å². The van der Waals surface area contributed by atoms with Crippen LogP contribution in [0.1, 0.15) is 61.4 Å². The summed E-state index contributed by atoms with van der Waals surface area (Å²) < 4.78 is 0. The summed E-state index contributed by atoms with van der Waals surface area (Å²) in [6.07, 6.45) is 5.33. The minimum atomic E-state index is -0.360. The van der Waals surface area contributed by atoms with Crippen LogP contribution in [0.3, 0.4) is 0 Å². The third-order valence-electron chi connectivity index (χ3n) is 4.73. The molecule has 0 heterocycles. The zero-order valence-corrected chi connectivity index (χ0v) is 12.5. The molecular formula is C17H23NO3. The van der Waals surface area contributed by atoms with Gasteiger partial charge in [-0.3, -0.25) is 14.8 Å². The number of hydrogen-bond acceptors (Lipinski definition) is 3. The summed E-state index contributed by atoms with van der Waals surface area (Å²) in [5, 5.41) is 8.48. The van der Waals surface area contributed by atoms with Crippen LogP contribution >= 0.6 is 0 Å². The number of aryl methyl sites for hydroxylation is 1. The first-order chi connectivity index (χ1) is 10.1. The van der Waals surface area contributed by atoms with Gasteiger partial charge in [0.05, 0.1) is 0 Å². The summed E-state index contributed by atoms with van der Waals surface area (Å²) in [4.78, 5) is 23.8. The molecule has 4 nitrogen and oxygen atoms in total. The van der Waals surface area contributed by atoms with Gasteiger partial charge in [-0.15, -0.1) is 0 Å². The monoisotopic (exact) mass is 289 g/mol. The zero-order chi connectivity index (χ0) is 15.3. The van der Waals surface area contributed by atoms with Crippen LogP contribution in [0.2, 0.25) is 0 Å². The SMILES string of the molecule is CCC1(CCCCC(=O)NO)CCc2ccccc2C1=O. The van der Waals surface area contributed by atoms with Crippen LogP contribution in [-0.4, -0.2) is 16.9 Å². The summed E-state index contributed by atoms with van der Waals surface area (Å²) in [6, 6.07) is 7.88. The molecule has 0 spiro atoms. The molecule has 1 aromatic carbocycles. The highest BCUT2D eigenvalue weighted by Crippen LogP contribution is 2.42. The Morgan fingerprint density at radius 1 is 1.33 bits per heavy atom. The second-order valence-electron chi connectivity index (χ2n) is 5.86. The number of hydroxylamine groups is 1. The van der Waals surface area contributed by atoms with Gasteiger partial charge in [-0.25, -0.2) is 5.48 Å². The minimum absolute atomic E-state index is 0.262. The Kier molecular flexibility index (Phi) is 5.12. The molecule has 1 aliphatic rings. The van der Waals surface area contributed by atoms with Crippen molar-refractivity contribution in [1.82, 2.24) is 5.48 Å². The third-order valence-corrected chi connectivity index (χ3v) is 4.73. The van der Waals surface area contributed by atoms with Gasteiger partial charge in [0.1, 0.15) is 0 Å². The van der Waals surface area contributed by atoms with Crippen molar-refractivity contribution >= 4 is 11.7 Å². The Morgan fingerprint density at radius 2 is 2.10 bits per heavy atom. The molecule has 0 aromatic heterocycles. The molecule has 1 aliphatic carbocycles. The summed E-state index contributed by atoms with van der Waals surface area (Å²) in [6.45, 7) is 2.08. The van der Waals surface area contributed by atoms with E-state index in [1.807, 2.05) is 24.3 Å². The summed E-state index contributed by atoms with van der Waals surface area (Å²) in [5.41, 5.74) is 3.40. The molecule has 0 aliphatic heterocycles. The highest BCUT2D eigenvalue weighted by Gasteiger charge is 2.40. The predicted octanol–water partition coefficient (Wildman–Crippen LogP) is 3.28. The lowest BCUT2D eigenvalue weighted by Gasteiger charge is -2.36. The van der Waals surface area contributed by atoms with Crippen molar-refractivity contribution in [3.63, 3.8) is 0 Å². The Balaban J connectivity index is 2.02. The van der Waals surface area contributed by atoms with Gasteiger partial charge in [-0.2, -0.15) is 0 Å². The van der Waals surface area contributed by atoms with Gasteiger partial charge >= 0.3 is 0 Å². The second kappa shape index (κ2) is 6.85. The molecule has 1 atom stereocenters. The first kappa shape index (κ1) is 15.7. The number of carbonyl (C=O) groups excluding carboxylic acids is 2. The van der Waals surface area contributed by atoms with Gasteiger partial charge in [0.25, 0.3) is 0 Å². The number of fused-ring (bicyclic) bond motifs is 1. The molecule has 0 saturated heterocycles. The second-order valence-corrected chi connectivity index (χ2v) is 5.86. The van der Waals surface area contributed by atoms with E-state index in [4.69, 9.17) is 5.21 Å².